The molecule has 2 unspecified atom stereocenters. The predicted octanol–water partition coefficient (Wildman–Crippen LogP) is 1.10. The number of nitrogens with one attached hydrogen (secondary N) is 1. The van der Waals surface area contributed by atoms with Crippen molar-refractivity contribution < 1.29 is 19.0 Å². The maximum Gasteiger partial charge on any atom is 0.234 e. The van der Waals surface area contributed by atoms with E-state index in [1.54, 1.807) is 18.2 Å². The zero-order valence-electron chi connectivity index (χ0n) is 15.7. The lowest BCUT2D eigenvalue weighted by Gasteiger charge is -2.35. The average molecular weight is 367 g/mol. The van der Waals surface area contributed by atoms with Gasteiger partial charge in [0, 0.05) is 38.8 Å². The Morgan fingerprint density at radius 3 is 2.58 bits per heavy atom. The van der Waals surface area contributed by atoms with Gasteiger partial charge in [-0.05, 0) is 25.5 Å². The Labute approximate surface area is 154 Å². The van der Waals surface area contributed by atoms with Crippen molar-refractivity contribution in [2.75, 3.05) is 45.9 Å². The normalized spacial score (nSPS) is 18.3. The summed E-state index contributed by atoms with van der Waals surface area (Å²) in [4.78, 5) is 16.2. The summed E-state index contributed by atoms with van der Waals surface area (Å²) < 4.78 is 18.8. The Kier molecular flexibility index (Phi) is 8.28. The minimum Gasteiger partial charge on any atom is -0.488 e. The Hall–Kier alpha value is -1.70. The minimum absolute atomic E-state index is 0.0540. The molecule has 1 fully saturated rings. The number of ether oxygens (including phenoxy) is 1. The largest absolute Gasteiger partial charge is 0.488 e. The van der Waals surface area contributed by atoms with Crippen LogP contribution in [-0.4, -0.2) is 78.8 Å². The SMILES string of the molecule is CCC(C)NC(=O)CN1CCN(CC(O)COc2ccccc2F)CC1. The van der Waals surface area contributed by atoms with Crippen LogP contribution in [0.5, 0.6) is 5.75 Å². The molecular weight excluding hydrogens is 337 g/mol. The molecule has 0 radical (unpaired) electrons. The summed E-state index contributed by atoms with van der Waals surface area (Å²) in [6.45, 7) is 8.13. The Morgan fingerprint density at radius 1 is 1.27 bits per heavy atom. The molecular formula is C19H30FN3O3. The molecule has 1 aliphatic heterocycles. The summed E-state index contributed by atoms with van der Waals surface area (Å²) in [6.07, 6.45) is 0.238. The monoisotopic (exact) mass is 367 g/mol. The van der Waals surface area contributed by atoms with Gasteiger partial charge in [0.1, 0.15) is 12.7 Å². The number of para-hydroxylation sites is 1. The van der Waals surface area contributed by atoms with Crippen LogP contribution in [0.2, 0.25) is 0 Å². The van der Waals surface area contributed by atoms with E-state index in [1.165, 1.54) is 6.07 Å². The first kappa shape index (κ1) is 20.6. The first-order chi connectivity index (χ1) is 12.5. The lowest BCUT2D eigenvalue weighted by atomic mass is 10.2. The number of aliphatic hydroxyl groups is 1. The molecule has 2 atom stereocenters. The molecule has 0 spiro atoms. The summed E-state index contributed by atoms with van der Waals surface area (Å²) in [5, 5.41) is 13.1. The standard InChI is InChI=1S/C19H30FN3O3/c1-3-15(2)21-19(25)13-23-10-8-22(9-11-23)12-16(24)14-26-18-7-5-4-6-17(18)20/h4-7,15-16,24H,3,8-14H2,1-2H3,(H,21,25). The van der Waals surface area contributed by atoms with Crippen LogP contribution < -0.4 is 10.1 Å². The number of halogens is 1. The van der Waals surface area contributed by atoms with Gasteiger partial charge < -0.3 is 15.2 Å². The number of nitrogens with zero attached hydrogens (tertiary/aromatic N) is 2. The van der Waals surface area contributed by atoms with Crippen molar-refractivity contribution in [3.05, 3.63) is 30.1 Å². The molecule has 6 nitrogen and oxygen atoms in total. The molecule has 0 saturated carbocycles. The molecule has 2 N–H and O–H groups in total. The van der Waals surface area contributed by atoms with Crippen molar-refractivity contribution in [3.8, 4) is 5.75 Å². The van der Waals surface area contributed by atoms with Gasteiger partial charge in [0.2, 0.25) is 5.91 Å². The van der Waals surface area contributed by atoms with Crippen LogP contribution in [0.25, 0.3) is 0 Å². The number of hydrogen-bond acceptors (Lipinski definition) is 5. The highest BCUT2D eigenvalue weighted by atomic mass is 19.1. The first-order valence-electron chi connectivity index (χ1n) is 9.27. The van der Waals surface area contributed by atoms with Gasteiger partial charge >= 0.3 is 0 Å². The summed E-state index contributed by atoms with van der Waals surface area (Å²) in [5.41, 5.74) is 0. The van der Waals surface area contributed by atoms with Crippen LogP contribution >= 0.6 is 0 Å². The van der Waals surface area contributed by atoms with Crippen molar-refractivity contribution in [1.82, 2.24) is 15.1 Å². The van der Waals surface area contributed by atoms with Gasteiger partial charge in [-0.25, -0.2) is 4.39 Å². The molecule has 1 aliphatic rings. The maximum atomic E-state index is 13.5. The fraction of sp³-hybridized carbons (Fsp3) is 0.632. The summed E-state index contributed by atoms with van der Waals surface area (Å²) >= 11 is 0. The number of rotatable bonds is 9. The Balaban J connectivity index is 1.65. The molecule has 26 heavy (non-hydrogen) atoms. The van der Waals surface area contributed by atoms with Crippen LogP contribution in [0, 0.1) is 5.82 Å². The molecule has 1 aromatic rings. The van der Waals surface area contributed by atoms with Crippen molar-refractivity contribution in [1.29, 1.82) is 0 Å². The lowest BCUT2D eigenvalue weighted by Crippen LogP contribution is -2.51. The highest BCUT2D eigenvalue weighted by molar-refractivity contribution is 5.78. The molecule has 1 saturated heterocycles. The van der Waals surface area contributed by atoms with Crippen LogP contribution in [0.1, 0.15) is 20.3 Å². The highest BCUT2D eigenvalue weighted by Gasteiger charge is 2.21. The number of amides is 1. The second-order valence-corrected chi connectivity index (χ2v) is 6.85. The number of aliphatic hydroxyl groups excluding tert-OH is 1. The maximum absolute atomic E-state index is 13.5. The van der Waals surface area contributed by atoms with E-state index in [9.17, 15) is 14.3 Å². The van der Waals surface area contributed by atoms with Crippen LogP contribution in [-0.2, 0) is 4.79 Å². The van der Waals surface area contributed by atoms with Crippen LogP contribution in [0.4, 0.5) is 4.39 Å². The molecule has 0 bridgehead atoms. The molecule has 146 valence electrons. The molecule has 0 aliphatic carbocycles. The molecule has 1 aromatic carbocycles. The summed E-state index contributed by atoms with van der Waals surface area (Å²) in [7, 11) is 0. The van der Waals surface area contributed by atoms with E-state index in [0.29, 0.717) is 13.1 Å². The summed E-state index contributed by atoms with van der Waals surface area (Å²) in [5.74, 6) is -0.209. The van der Waals surface area contributed by atoms with Crippen molar-refractivity contribution in [3.63, 3.8) is 0 Å². The summed E-state index contributed by atoms with van der Waals surface area (Å²) in [6, 6.07) is 6.38. The van der Waals surface area contributed by atoms with Crippen molar-refractivity contribution >= 4 is 5.91 Å². The van der Waals surface area contributed by atoms with Gasteiger partial charge in [-0.3, -0.25) is 14.6 Å². The van der Waals surface area contributed by atoms with Gasteiger partial charge in [0.25, 0.3) is 0 Å². The number of carbonyl (C=O) groups is 1. The molecule has 2 rings (SSSR count). The third kappa shape index (κ3) is 6.90. The number of β-amino-alcohol motifs (C(OH)–C–C–N with tert-alkyl or cyclic N) is 1. The van der Waals surface area contributed by atoms with E-state index >= 15 is 0 Å². The fourth-order valence-electron chi connectivity index (χ4n) is 2.85. The third-order valence-electron chi connectivity index (χ3n) is 4.59. The van der Waals surface area contributed by atoms with Crippen molar-refractivity contribution in [2.24, 2.45) is 0 Å². The highest BCUT2D eigenvalue weighted by Crippen LogP contribution is 2.15. The van der Waals surface area contributed by atoms with Gasteiger partial charge in [-0.2, -0.15) is 0 Å². The van der Waals surface area contributed by atoms with Gasteiger partial charge in [-0.15, -0.1) is 0 Å². The van der Waals surface area contributed by atoms with Gasteiger partial charge in [0.15, 0.2) is 11.6 Å². The van der Waals surface area contributed by atoms with Gasteiger partial charge in [-0.1, -0.05) is 19.1 Å². The zero-order valence-corrected chi connectivity index (χ0v) is 15.7. The van der Waals surface area contributed by atoms with E-state index in [0.717, 1.165) is 32.6 Å². The predicted molar refractivity (Wildman–Crippen MR) is 98.7 cm³/mol. The second-order valence-electron chi connectivity index (χ2n) is 6.85. The lowest BCUT2D eigenvalue weighted by molar-refractivity contribution is -0.123. The quantitative estimate of drug-likeness (QED) is 0.684. The topological polar surface area (TPSA) is 65.0 Å². The van der Waals surface area contributed by atoms with E-state index in [2.05, 4.69) is 15.1 Å². The van der Waals surface area contributed by atoms with E-state index in [-0.39, 0.29) is 24.3 Å². The second kappa shape index (κ2) is 10.4. The smallest absolute Gasteiger partial charge is 0.234 e. The molecule has 0 aromatic heterocycles. The minimum atomic E-state index is -0.685. The zero-order chi connectivity index (χ0) is 18.9. The third-order valence-corrected chi connectivity index (χ3v) is 4.59. The average Bonchev–Trinajstić information content (AvgIpc) is 2.62. The number of benzene rings is 1. The number of piperazine rings is 1. The molecule has 7 heteroatoms. The Bertz CT molecular complexity index is 565. The van der Waals surface area contributed by atoms with Crippen LogP contribution in [0.15, 0.2) is 24.3 Å². The molecule has 1 amide bonds. The number of hydrogen-bond donors (Lipinski definition) is 2. The van der Waals surface area contributed by atoms with Crippen molar-refractivity contribution in [2.45, 2.75) is 32.4 Å². The number of carbonyl (C=O) groups excluding carboxylic acids is 1. The first-order valence-corrected chi connectivity index (χ1v) is 9.27. The van der Waals surface area contributed by atoms with E-state index in [1.807, 2.05) is 13.8 Å². The fourth-order valence-corrected chi connectivity index (χ4v) is 2.85. The van der Waals surface area contributed by atoms with Crippen LogP contribution in [0.3, 0.4) is 0 Å². The Morgan fingerprint density at radius 2 is 1.92 bits per heavy atom. The van der Waals surface area contributed by atoms with E-state index in [4.69, 9.17) is 4.74 Å². The molecule has 1 heterocycles. The van der Waals surface area contributed by atoms with Gasteiger partial charge in [0.05, 0.1) is 6.54 Å². The van der Waals surface area contributed by atoms with E-state index < -0.39 is 11.9 Å².